The highest BCUT2D eigenvalue weighted by molar-refractivity contribution is 14.1. The molecule has 78 valence electrons. The van der Waals surface area contributed by atoms with Crippen molar-refractivity contribution in [3.05, 3.63) is 9.77 Å². The van der Waals surface area contributed by atoms with Crippen LogP contribution >= 0.6 is 22.6 Å². The Balaban J connectivity index is 2.01. The van der Waals surface area contributed by atoms with Crippen LogP contribution in [0.4, 0.5) is 5.82 Å². The minimum atomic E-state index is 0.281. The Morgan fingerprint density at radius 1 is 1.71 bits per heavy atom. The average Bonchev–Trinajstić information content (AvgIpc) is 2.67. The molecule has 2 heterocycles. The average molecular weight is 307 g/mol. The van der Waals surface area contributed by atoms with Gasteiger partial charge in [-0.25, -0.2) is 4.68 Å². The van der Waals surface area contributed by atoms with E-state index in [4.69, 9.17) is 10.5 Å². The summed E-state index contributed by atoms with van der Waals surface area (Å²) in [5, 5.41) is 4.21. The zero-order valence-corrected chi connectivity index (χ0v) is 10.3. The van der Waals surface area contributed by atoms with Gasteiger partial charge in [0.15, 0.2) is 0 Å². The molecule has 1 saturated heterocycles. The van der Waals surface area contributed by atoms with Gasteiger partial charge < -0.3 is 10.5 Å². The van der Waals surface area contributed by atoms with Crippen LogP contribution in [0.2, 0.25) is 0 Å². The van der Waals surface area contributed by atoms with Crippen LogP contribution < -0.4 is 5.73 Å². The number of hydrogen-bond donors (Lipinski definition) is 1. The van der Waals surface area contributed by atoms with Gasteiger partial charge in [-0.2, -0.15) is 5.10 Å². The van der Waals surface area contributed by atoms with Crippen LogP contribution in [0.25, 0.3) is 0 Å². The molecule has 1 aliphatic rings. The van der Waals surface area contributed by atoms with Gasteiger partial charge in [-0.3, -0.25) is 0 Å². The Morgan fingerprint density at radius 3 is 3.00 bits per heavy atom. The number of anilines is 1. The third-order valence-electron chi connectivity index (χ3n) is 2.53. The van der Waals surface area contributed by atoms with Crippen LogP contribution in [0.3, 0.4) is 0 Å². The Labute approximate surface area is 96.9 Å². The third-order valence-corrected chi connectivity index (χ3v) is 3.36. The Bertz CT molecular complexity index is 326. The molecular formula is C9H14IN3O. The number of hydrogen-bond acceptors (Lipinski definition) is 3. The lowest BCUT2D eigenvalue weighted by Crippen LogP contribution is -2.18. The van der Waals surface area contributed by atoms with Gasteiger partial charge in [0.1, 0.15) is 5.82 Å². The van der Waals surface area contributed by atoms with Gasteiger partial charge in [0.2, 0.25) is 0 Å². The summed E-state index contributed by atoms with van der Waals surface area (Å²) >= 11 is 2.19. The molecule has 1 fully saturated rings. The van der Waals surface area contributed by atoms with E-state index < -0.39 is 0 Å². The summed E-state index contributed by atoms with van der Waals surface area (Å²) in [5.41, 5.74) is 5.85. The van der Waals surface area contributed by atoms with Gasteiger partial charge in [0.05, 0.1) is 28.5 Å². The van der Waals surface area contributed by atoms with Crippen molar-refractivity contribution in [3.8, 4) is 0 Å². The van der Waals surface area contributed by atoms with Gasteiger partial charge in [-0.1, -0.05) is 0 Å². The smallest absolute Gasteiger partial charge is 0.135 e. The van der Waals surface area contributed by atoms with Gasteiger partial charge >= 0.3 is 0 Å². The molecule has 0 radical (unpaired) electrons. The predicted molar refractivity (Wildman–Crippen MR) is 62.9 cm³/mol. The fraction of sp³-hybridized carbons (Fsp3) is 0.667. The fourth-order valence-corrected chi connectivity index (χ4v) is 2.13. The number of nitrogens with zero attached hydrogens (tertiary/aromatic N) is 2. The highest BCUT2D eigenvalue weighted by atomic mass is 127. The van der Waals surface area contributed by atoms with Gasteiger partial charge in [-0.05, 0) is 42.4 Å². The van der Waals surface area contributed by atoms with Crippen LogP contribution in [-0.2, 0) is 11.3 Å². The third kappa shape index (κ3) is 2.03. The topological polar surface area (TPSA) is 53.1 Å². The zero-order valence-electron chi connectivity index (χ0n) is 8.11. The molecule has 0 aliphatic carbocycles. The maximum absolute atomic E-state index is 5.85. The molecule has 2 unspecified atom stereocenters. The Hall–Kier alpha value is -0.300. The first kappa shape index (κ1) is 10.2. The summed E-state index contributed by atoms with van der Waals surface area (Å²) in [7, 11) is 0. The Morgan fingerprint density at radius 2 is 2.50 bits per heavy atom. The van der Waals surface area contributed by atoms with E-state index in [1.807, 2.05) is 4.68 Å². The van der Waals surface area contributed by atoms with E-state index in [2.05, 4.69) is 34.6 Å². The Kier molecular flexibility index (Phi) is 2.96. The SMILES string of the molecule is CC1CCC(Cn2ncc(I)c2N)O1. The second-order valence-corrected chi connectivity index (χ2v) is 4.87. The van der Waals surface area contributed by atoms with Crippen molar-refractivity contribution in [2.24, 2.45) is 0 Å². The molecule has 0 saturated carbocycles. The molecule has 2 atom stereocenters. The largest absolute Gasteiger partial charge is 0.383 e. The molecule has 2 N–H and O–H groups in total. The van der Waals surface area contributed by atoms with E-state index in [1.54, 1.807) is 6.20 Å². The number of halogens is 1. The zero-order chi connectivity index (χ0) is 10.1. The van der Waals surface area contributed by atoms with Crippen molar-refractivity contribution in [2.75, 3.05) is 5.73 Å². The number of nitrogens with two attached hydrogens (primary N) is 1. The van der Waals surface area contributed by atoms with E-state index in [9.17, 15) is 0 Å². The summed E-state index contributed by atoms with van der Waals surface area (Å²) in [6.07, 6.45) is 4.70. The molecule has 0 spiro atoms. The van der Waals surface area contributed by atoms with E-state index in [0.29, 0.717) is 6.10 Å². The predicted octanol–water partition coefficient (Wildman–Crippen LogP) is 1.64. The lowest BCUT2D eigenvalue weighted by molar-refractivity contribution is 0.0441. The lowest BCUT2D eigenvalue weighted by atomic mass is 10.2. The van der Waals surface area contributed by atoms with Gasteiger partial charge in [0.25, 0.3) is 0 Å². The molecule has 5 heteroatoms. The molecular weight excluding hydrogens is 293 g/mol. The summed E-state index contributed by atoms with van der Waals surface area (Å²) in [4.78, 5) is 0. The molecule has 1 aromatic rings. The van der Waals surface area contributed by atoms with E-state index >= 15 is 0 Å². The highest BCUT2D eigenvalue weighted by Crippen LogP contribution is 2.22. The van der Waals surface area contributed by atoms with Crippen molar-refractivity contribution in [3.63, 3.8) is 0 Å². The minimum Gasteiger partial charge on any atom is -0.383 e. The van der Waals surface area contributed by atoms with Gasteiger partial charge in [0, 0.05) is 0 Å². The monoisotopic (exact) mass is 307 g/mol. The highest BCUT2D eigenvalue weighted by Gasteiger charge is 2.23. The molecule has 2 rings (SSSR count). The van der Waals surface area contributed by atoms with Crippen LogP contribution in [0.1, 0.15) is 19.8 Å². The quantitative estimate of drug-likeness (QED) is 0.845. The van der Waals surface area contributed by atoms with E-state index in [-0.39, 0.29) is 6.10 Å². The first-order chi connectivity index (χ1) is 6.66. The number of ether oxygens (including phenoxy) is 1. The summed E-state index contributed by atoms with van der Waals surface area (Å²) in [6.45, 7) is 2.88. The molecule has 14 heavy (non-hydrogen) atoms. The second kappa shape index (κ2) is 4.06. The van der Waals surface area contributed by atoms with E-state index in [1.165, 1.54) is 0 Å². The maximum Gasteiger partial charge on any atom is 0.135 e. The molecule has 0 amide bonds. The molecule has 0 aromatic carbocycles. The van der Waals surface area contributed by atoms with Crippen LogP contribution in [-0.4, -0.2) is 22.0 Å². The first-order valence-electron chi connectivity index (χ1n) is 4.79. The van der Waals surface area contributed by atoms with Crippen molar-refractivity contribution >= 4 is 28.4 Å². The van der Waals surface area contributed by atoms with Crippen molar-refractivity contribution in [1.29, 1.82) is 0 Å². The summed E-state index contributed by atoms with van der Waals surface area (Å²) in [5.74, 6) is 0.744. The summed E-state index contributed by atoms with van der Waals surface area (Å²) < 4.78 is 8.54. The molecule has 1 aromatic heterocycles. The number of rotatable bonds is 2. The molecule has 1 aliphatic heterocycles. The normalized spacial score (nSPS) is 27.0. The van der Waals surface area contributed by atoms with Crippen LogP contribution in [0, 0.1) is 3.57 Å². The van der Waals surface area contributed by atoms with Crippen molar-refractivity contribution in [1.82, 2.24) is 9.78 Å². The molecule has 4 nitrogen and oxygen atoms in total. The maximum atomic E-state index is 5.85. The van der Waals surface area contributed by atoms with Crippen molar-refractivity contribution in [2.45, 2.75) is 38.5 Å². The van der Waals surface area contributed by atoms with Crippen molar-refractivity contribution < 1.29 is 4.74 Å². The second-order valence-electron chi connectivity index (χ2n) is 3.71. The first-order valence-corrected chi connectivity index (χ1v) is 5.87. The standard InChI is InChI=1S/C9H14IN3O/c1-6-2-3-7(14-6)5-13-9(11)8(10)4-12-13/h4,6-7H,2-3,5,11H2,1H3. The number of aromatic nitrogens is 2. The minimum absolute atomic E-state index is 0.281. The fourth-order valence-electron chi connectivity index (χ4n) is 1.73. The lowest BCUT2D eigenvalue weighted by Gasteiger charge is -2.11. The van der Waals surface area contributed by atoms with E-state index in [0.717, 1.165) is 28.8 Å². The number of nitrogen functional groups attached to an aromatic ring is 1. The van der Waals surface area contributed by atoms with Crippen LogP contribution in [0.5, 0.6) is 0 Å². The van der Waals surface area contributed by atoms with Gasteiger partial charge in [-0.15, -0.1) is 0 Å². The van der Waals surface area contributed by atoms with Crippen LogP contribution in [0.15, 0.2) is 6.20 Å². The molecule has 0 bridgehead atoms. The summed E-state index contributed by atoms with van der Waals surface area (Å²) in [6, 6.07) is 0.